The Morgan fingerprint density at radius 2 is 2.73 bits per heavy atom. The number of thiazole rings is 1. The topological polar surface area (TPSA) is 77.2 Å². The van der Waals surface area contributed by atoms with Gasteiger partial charge in [0.15, 0.2) is 5.13 Å². The predicted molar refractivity (Wildman–Crippen MR) is 40.9 cm³/mol. The van der Waals surface area contributed by atoms with E-state index >= 15 is 0 Å². The molecule has 1 amide bonds. The summed E-state index contributed by atoms with van der Waals surface area (Å²) in [5, 5.41) is 4.80. The van der Waals surface area contributed by atoms with E-state index in [9.17, 15) is 4.79 Å². The SMILES string of the molecule is NOCC(=O)Nc1nccs1. The molecule has 0 fully saturated rings. The number of nitrogens with two attached hydrogens (primary N) is 1. The first-order chi connectivity index (χ1) is 5.33. The number of carbonyl (C=O) groups is 1. The van der Waals surface area contributed by atoms with Crippen LogP contribution in [0.2, 0.25) is 0 Å². The van der Waals surface area contributed by atoms with Crippen molar-refractivity contribution in [2.24, 2.45) is 5.90 Å². The van der Waals surface area contributed by atoms with Gasteiger partial charge in [-0.15, -0.1) is 11.3 Å². The summed E-state index contributed by atoms with van der Waals surface area (Å²) >= 11 is 1.34. The van der Waals surface area contributed by atoms with Gasteiger partial charge in [-0.1, -0.05) is 0 Å². The van der Waals surface area contributed by atoms with E-state index in [1.54, 1.807) is 11.6 Å². The van der Waals surface area contributed by atoms with Crippen molar-refractivity contribution in [3.8, 4) is 0 Å². The zero-order valence-corrected chi connectivity index (χ0v) is 6.43. The lowest BCUT2D eigenvalue weighted by Crippen LogP contribution is -2.20. The first kappa shape index (κ1) is 8.12. The molecule has 1 aromatic heterocycles. The van der Waals surface area contributed by atoms with Crippen molar-refractivity contribution in [2.45, 2.75) is 0 Å². The quantitative estimate of drug-likeness (QED) is 0.629. The lowest BCUT2D eigenvalue weighted by molar-refractivity contribution is -0.120. The molecular weight excluding hydrogens is 166 g/mol. The molecule has 5 nitrogen and oxygen atoms in total. The van der Waals surface area contributed by atoms with Crippen molar-refractivity contribution in [3.05, 3.63) is 11.6 Å². The molecule has 0 bridgehead atoms. The maximum absolute atomic E-state index is 10.8. The van der Waals surface area contributed by atoms with Crippen molar-refractivity contribution in [1.82, 2.24) is 4.98 Å². The number of hydrogen-bond donors (Lipinski definition) is 2. The molecule has 0 radical (unpaired) electrons. The molecule has 1 aromatic rings. The fraction of sp³-hybridized carbons (Fsp3) is 0.200. The van der Waals surface area contributed by atoms with Gasteiger partial charge < -0.3 is 0 Å². The molecule has 0 aliphatic carbocycles. The fourth-order valence-corrected chi connectivity index (χ4v) is 1.06. The van der Waals surface area contributed by atoms with Crippen LogP contribution >= 0.6 is 11.3 Å². The Morgan fingerprint density at radius 1 is 1.91 bits per heavy atom. The van der Waals surface area contributed by atoms with E-state index in [-0.39, 0.29) is 12.5 Å². The van der Waals surface area contributed by atoms with Crippen LogP contribution in [0.1, 0.15) is 0 Å². The van der Waals surface area contributed by atoms with E-state index in [0.717, 1.165) is 0 Å². The predicted octanol–water partition coefficient (Wildman–Crippen LogP) is -0.0281. The molecule has 0 atom stereocenters. The van der Waals surface area contributed by atoms with Crippen molar-refractivity contribution < 1.29 is 9.63 Å². The number of rotatable bonds is 3. The minimum atomic E-state index is -0.303. The van der Waals surface area contributed by atoms with Crippen LogP contribution in [0.25, 0.3) is 0 Å². The van der Waals surface area contributed by atoms with Gasteiger partial charge in [-0.2, -0.15) is 0 Å². The molecule has 11 heavy (non-hydrogen) atoms. The highest BCUT2D eigenvalue weighted by Gasteiger charge is 2.01. The van der Waals surface area contributed by atoms with Crippen molar-refractivity contribution in [3.63, 3.8) is 0 Å². The van der Waals surface area contributed by atoms with Crippen molar-refractivity contribution >= 4 is 22.4 Å². The summed E-state index contributed by atoms with van der Waals surface area (Å²) in [6, 6.07) is 0. The number of nitrogens with one attached hydrogen (secondary N) is 1. The zero-order valence-electron chi connectivity index (χ0n) is 5.61. The summed E-state index contributed by atoms with van der Waals surface area (Å²) in [6.07, 6.45) is 1.60. The number of anilines is 1. The molecule has 0 aromatic carbocycles. The van der Waals surface area contributed by atoms with Crippen LogP contribution in [0.3, 0.4) is 0 Å². The van der Waals surface area contributed by atoms with Crippen LogP contribution in [-0.4, -0.2) is 17.5 Å². The lowest BCUT2D eigenvalue weighted by atomic mass is 10.6. The molecule has 0 aliphatic heterocycles. The van der Waals surface area contributed by atoms with Gasteiger partial charge in [-0.3, -0.25) is 14.9 Å². The van der Waals surface area contributed by atoms with Crippen LogP contribution in [0.15, 0.2) is 11.6 Å². The standard InChI is InChI=1S/C5H7N3O2S/c6-10-3-4(9)8-5-7-1-2-11-5/h1-2H,3,6H2,(H,7,8,9). The highest BCUT2D eigenvalue weighted by Crippen LogP contribution is 2.09. The summed E-state index contributed by atoms with van der Waals surface area (Å²) in [4.78, 5) is 18.7. The Labute approximate surface area is 67.1 Å². The Morgan fingerprint density at radius 3 is 3.27 bits per heavy atom. The Hall–Kier alpha value is -0.980. The molecule has 0 saturated carbocycles. The first-order valence-electron chi connectivity index (χ1n) is 2.84. The van der Waals surface area contributed by atoms with Crippen LogP contribution in [0, 0.1) is 0 Å². The summed E-state index contributed by atoms with van der Waals surface area (Å²) in [5.74, 6) is 4.38. The van der Waals surface area contributed by atoms with E-state index in [0.29, 0.717) is 5.13 Å². The van der Waals surface area contributed by atoms with Gasteiger partial charge in [0.25, 0.3) is 5.91 Å². The van der Waals surface area contributed by atoms with Gasteiger partial charge in [0, 0.05) is 11.6 Å². The second kappa shape index (κ2) is 4.02. The maximum atomic E-state index is 10.8. The molecule has 0 saturated heterocycles. The highest BCUT2D eigenvalue weighted by molar-refractivity contribution is 7.13. The molecule has 6 heteroatoms. The Balaban J connectivity index is 2.37. The molecule has 0 aliphatic rings. The van der Waals surface area contributed by atoms with E-state index in [1.807, 2.05) is 0 Å². The van der Waals surface area contributed by atoms with E-state index < -0.39 is 0 Å². The lowest BCUT2D eigenvalue weighted by Gasteiger charge is -1.97. The molecule has 60 valence electrons. The normalized spacial score (nSPS) is 9.55. The largest absolute Gasteiger partial charge is 0.300 e. The Bertz CT molecular complexity index is 224. The van der Waals surface area contributed by atoms with Crippen molar-refractivity contribution in [2.75, 3.05) is 11.9 Å². The van der Waals surface area contributed by atoms with Crippen molar-refractivity contribution in [1.29, 1.82) is 0 Å². The average Bonchev–Trinajstić information content (AvgIpc) is 2.40. The molecular formula is C5H7N3O2S. The summed E-state index contributed by atoms with van der Waals surface area (Å²) in [6.45, 7) is -0.153. The average molecular weight is 173 g/mol. The fourth-order valence-electron chi connectivity index (χ4n) is 0.516. The highest BCUT2D eigenvalue weighted by atomic mass is 32.1. The third kappa shape index (κ3) is 2.62. The van der Waals surface area contributed by atoms with Gasteiger partial charge in [0.2, 0.25) is 0 Å². The number of nitrogens with zero attached hydrogens (tertiary/aromatic N) is 1. The molecule has 0 spiro atoms. The number of carbonyl (C=O) groups excluding carboxylic acids is 1. The second-order valence-electron chi connectivity index (χ2n) is 1.70. The zero-order chi connectivity index (χ0) is 8.10. The third-order valence-electron chi connectivity index (χ3n) is 0.893. The Kier molecular flexibility index (Phi) is 2.96. The minimum absolute atomic E-state index is 0.153. The van der Waals surface area contributed by atoms with Crippen LogP contribution in [-0.2, 0) is 9.63 Å². The van der Waals surface area contributed by atoms with Crippen LogP contribution < -0.4 is 11.2 Å². The van der Waals surface area contributed by atoms with Gasteiger partial charge in [0.1, 0.15) is 6.61 Å². The number of amides is 1. The van der Waals surface area contributed by atoms with Gasteiger partial charge in [-0.05, 0) is 0 Å². The van der Waals surface area contributed by atoms with Crippen LogP contribution in [0.4, 0.5) is 5.13 Å². The van der Waals surface area contributed by atoms with E-state index in [2.05, 4.69) is 21.0 Å². The van der Waals surface area contributed by atoms with E-state index in [4.69, 9.17) is 0 Å². The van der Waals surface area contributed by atoms with Gasteiger partial charge in [0.05, 0.1) is 0 Å². The molecule has 3 N–H and O–H groups in total. The number of aromatic nitrogens is 1. The van der Waals surface area contributed by atoms with Gasteiger partial charge >= 0.3 is 0 Å². The third-order valence-corrected chi connectivity index (χ3v) is 1.58. The molecule has 1 rings (SSSR count). The monoisotopic (exact) mass is 173 g/mol. The molecule has 1 heterocycles. The van der Waals surface area contributed by atoms with Gasteiger partial charge in [-0.25, -0.2) is 10.9 Å². The van der Waals surface area contributed by atoms with E-state index in [1.165, 1.54) is 11.3 Å². The maximum Gasteiger partial charge on any atom is 0.254 e. The summed E-state index contributed by atoms with van der Waals surface area (Å²) in [5.41, 5.74) is 0. The minimum Gasteiger partial charge on any atom is -0.300 e. The first-order valence-corrected chi connectivity index (χ1v) is 3.72. The summed E-state index contributed by atoms with van der Waals surface area (Å²) < 4.78 is 0. The number of hydrogen-bond acceptors (Lipinski definition) is 5. The summed E-state index contributed by atoms with van der Waals surface area (Å²) in [7, 11) is 0. The molecule has 0 unspecified atom stereocenters. The smallest absolute Gasteiger partial charge is 0.254 e. The second-order valence-corrected chi connectivity index (χ2v) is 2.59. The van der Waals surface area contributed by atoms with Crippen LogP contribution in [0.5, 0.6) is 0 Å².